The first-order chi connectivity index (χ1) is 17.1. The number of aromatic nitrogens is 5. The number of fused-ring (bicyclic) bond motifs is 1. The Morgan fingerprint density at radius 2 is 1.69 bits per heavy atom. The first-order valence-corrected chi connectivity index (χ1v) is 11.4. The zero-order valence-electron chi connectivity index (χ0n) is 18.8. The number of carbonyl (C=O) groups is 2. The Balaban J connectivity index is 1.14. The normalized spacial score (nSPS) is 18.1. The molecule has 1 aromatic carbocycles. The van der Waals surface area contributed by atoms with Crippen LogP contribution in [0.15, 0.2) is 53.1 Å². The van der Waals surface area contributed by atoms with Crippen molar-refractivity contribution >= 4 is 29.5 Å². The van der Waals surface area contributed by atoms with E-state index < -0.39 is 0 Å². The van der Waals surface area contributed by atoms with Gasteiger partial charge in [-0.15, -0.1) is 5.10 Å². The van der Waals surface area contributed by atoms with Crippen molar-refractivity contribution in [2.24, 2.45) is 0 Å². The zero-order valence-corrected chi connectivity index (χ0v) is 18.8. The van der Waals surface area contributed by atoms with Gasteiger partial charge in [-0.05, 0) is 30.7 Å². The van der Waals surface area contributed by atoms with Gasteiger partial charge in [0.05, 0.1) is 6.26 Å². The molecule has 4 aromatic rings. The van der Waals surface area contributed by atoms with Crippen molar-refractivity contribution < 1.29 is 14.0 Å². The van der Waals surface area contributed by atoms with E-state index in [1.165, 1.54) is 10.8 Å². The van der Waals surface area contributed by atoms with Gasteiger partial charge in [-0.3, -0.25) is 9.59 Å². The molecular formula is C23H23N9O3. The quantitative estimate of drug-likeness (QED) is 0.458. The van der Waals surface area contributed by atoms with Crippen molar-refractivity contribution in [3.8, 4) is 11.6 Å². The molecule has 35 heavy (non-hydrogen) atoms. The van der Waals surface area contributed by atoms with Crippen LogP contribution in [0.1, 0.15) is 16.8 Å². The lowest BCUT2D eigenvalue weighted by Gasteiger charge is -2.44. The summed E-state index contributed by atoms with van der Waals surface area (Å²) in [5, 5.41) is 4.31. The lowest BCUT2D eigenvalue weighted by Crippen LogP contribution is -2.61. The minimum atomic E-state index is -0.374. The van der Waals surface area contributed by atoms with Gasteiger partial charge in [-0.2, -0.15) is 19.5 Å². The topological polar surface area (TPSA) is 139 Å². The molecule has 12 heteroatoms. The summed E-state index contributed by atoms with van der Waals surface area (Å²) in [6.07, 6.45) is 2.23. The van der Waals surface area contributed by atoms with Gasteiger partial charge in [0, 0.05) is 38.3 Å². The summed E-state index contributed by atoms with van der Waals surface area (Å²) < 4.78 is 6.70. The summed E-state index contributed by atoms with van der Waals surface area (Å²) in [6, 6.07) is 12.3. The number of nitrogens with zero attached hydrogens (tertiary/aromatic N) is 8. The maximum absolute atomic E-state index is 13.3. The van der Waals surface area contributed by atoms with E-state index in [1.807, 2.05) is 35.2 Å². The number of amides is 2. The standard InChI is InChI=1S/C23H23N9O3/c24-21-26-22(27-23-25-18(28-32(21)23)17-7-4-14-35-17)31-9-8-16(31)20(34)30-12-10-29(11-13-30)19(33)15-5-2-1-3-6-15/h1-7,14,16H,8-13H2,(H2,24,25,26,27,28)/t16-/m0/s1. The largest absolute Gasteiger partial charge is 0.461 e. The average Bonchev–Trinajstić information content (AvgIpc) is 3.54. The Labute approximate surface area is 200 Å². The molecular weight excluding hydrogens is 450 g/mol. The minimum Gasteiger partial charge on any atom is -0.461 e. The summed E-state index contributed by atoms with van der Waals surface area (Å²) in [7, 11) is 0. The molecule has 0 aliphatic carbocycles. The van der Waals surface area contributed by atoms with E-state index in [0.717, 1.165) is 0 Å². The summed E-state index contributed by atoms with van der Waals surface area (Å²) in [6.45, 7) is 2.60. The van der Waals surface area contributed by atoms with Crippen LogP contribution in [0, 0.1) is 0 Å². The SMILES string of the molecule is Nc1nc(N2CC[C@H]2C(=O)N2CCN(C(=O)c3ccccc3)CC2)nc2nc(-c3ccco3)nn12. The Morgan fingerprint density at radius 1 is 0.914 bits per heavy atom. The summed E-state index contributed by atoms with van der Waals surface area (Å²) in [4.78, 5) is 44.6. The van der Waals surface area contributed by atoms with Crippen LogP contribution < -0.4 is 10.6 Å². The van der Waals surface area contributed by atoms with E-state index >= 15 is 0 Å². The Hall–Kier alpha value is -4.48. The molecule has 2 aliphatic heterocycles. The third-order valence-electron chi connectivity index (χ3n) is 6.42. The average molecular weight is 473 g/mol. The third-order valence-corrected chi connectivity index (χ3v) is 6.42. The number of hydrogen-bond acceptors (Lipinski definition) is 9. The van der Waals surface area contributed by atoms with Gasteiger partial charge in [-0.25, -0.2) is 0 Å². The highest BCUT2D eigenvalue weighted by Gasteiger charge is 2.40. The molecule has 1 atom stereocenters. The minimum absolute atomic E-state index is 0.00264. The molecule has 178 valence electrons. The Kier molecular flexibility index (Phi) is 5.05. The molecule has 3 aromatic heterocycles. The third kappa shape index (κ3) is 3.72. The fourth-order valence-electron chi connectivity index (χ4n) is 4.42. The molecule has 0 bridgehead atoms. The molecule has 2 saturated heterocycles. The number of anilines is 2. The van der Waals surface area contributed by atoms with Gasteiger partial charge in [0.1, 0.15) is 6.04 Å². The second kappa shape index (κ2) is 8.38. The predicted molar refractivity (Wildman–Crippen MR) is 125 cm³/mol. The number of piperazine rings is 1. The fraction of sp³-hybridized carbons (Fsp3) is 0.304. The molecule has 2 aliphatic rings. The van der Waals surface area contributed by atoms with Gasteiger partial charge in [0.2, 0.25) is 23.6 Å². The molecule has 0 saturated carbocycles. The highest BCUT2D eigenvalue weighted by Crippen LogP contribution is 2.27. The van der Waals surface area contributed by atoms with Crippen molar-refractivity contribution in [3.05, 3.63) is 54.3 Å². The molecule has 5 heterocycles. The highest BCUT2D eigenvalue weighted by molar-refractivity contribution is 5.94. The second-order valence-corrected chi connectivity index (χ2v) is 8.49. The Bertz CT molecular complexity index is 1380. The van der Waals surface area contributed by atoms with Crippen LogP contribution in [-0.4, -0.2) is 84.9 Å². The van der Waals surface area contributed by atoms with E-state index in [4.69, 9.17) is 10.2 Å². The highest BCUT2D eigenvalue weighted by atomic mass is 16.3. The number of rotatable bonds is 4. The number of carbonyl (C=O) groups excluding carboxylic acids is 2. The molecule has 0 radical (unpaired) electrons. The predicted octanol–water partition coefficient (Wildman–Crippen LogP) is 0.925. The number of benzene rings is 1. The number of hydrogen-bond donors (Lipinski definition) is 1. The van der Waals surface area contributed by atoms with E-state index in [-0.39, 0.29) is 29.6 Å². The van der Waals surface area contributed by atoms with Crippen LogP contribution in [0.4, 0.5) is 11.9 Å². The number of nitrogen functional groups attached to an aromatic ring is 1. The molecule has 0 unspecified atom stereocenters. The zero-order chi connectivity index (χ0) is 23.9. The summed E-state index contributed by atoms with van der Waals surface area (Å²) >= 11 is 0. The van der Waals surface area contributed by atoms with Crippen molar-refractivity contribution in [3.63, 3.8) is 0 Å². The molecule has 0 spiro atoms. The smallest absolute Gasteiger partial charge is 0.259 e. The first kappa shape index (κ1) is 21.1. The lowest BCUT2D eigenvalue weighted by molar-refractivity contribution is -0.135. The Morgan fingerprint density at radius 3 is 2.37 bits per heavy atom. The maximum atomic E-state index is 13.3. The van der Waals surface area contributed by atoms with Crippen molar-refractivity contribution in [2.45, 2.75) is 12.5 Å². The van der Waals surface area contributed by atoms with E-state index in [0.29, 0.717) is 62.2 Å². The van der Waals surface area contributed by atoms with Crippen LogP contribution in [0.25, 0.3) is 17.4 Å². The van der Waals surface area contributed by atoms with Crippen molar-refractivity contribution in [1.29, 1.82) is 0 Å². The van der Waals surface area contributed by atoms with Crippen LogP contribution >= 0.6 is 0 Å². The fourth-order valence-corrected chi connectivity index (χ4v) is 4.42. The van der Waals surface area contributed by atoms with Gasteiger partial charge in [0.15, 0.2) is 5.76 Å². The van der Waals surface area contributed by atoms with E-state index in [2.05, 4.69) is 20.1 Å². The van der Waals surface area contributed by atoms with Gasteiger partial charge < -0.3 is 24.9 Å². The molecule has 2 N–H and O–H groups in total. The first-order valence-electron chi connectivity index (χ1n) is 11.4. The van der Waals surface area contributed by atoms with Crippen LogP contribution in [0.5, 0.6) is 0 Å². The molecule has 6 rings (SSSR count). The van der Waals surface area contributed by atoms with Crippen LogP contribution in [0.2, 0.25) is 0 Å². The lowest BCUT2D eigenvalue weighted by atomic mass is 10.0. The van der Waals surface area contributed by atoms with Gasteiger partial charge >= 0.3 is 0 Å². The number of nitrogens with two attached hydrogens (primary N) is 1. The van der Waals surface area contributed by atoms with Crippen LogP contribution in [-0.2, 0) is 4.79 Å². The van der Waals surface area contributed by atoms with Gasteiger partial charge in [0.25, 0.3) is 11.7 Å². The number of furan rings is 1. The maximum Gasteiger partial charge on any atom is 0.259 e. The van der Waals surface area contributed by atoms with Crippen molar-refractivity contribution in [2.75, 3.05) is 43.4 Å². The van der Waals surface area contributed by atoms with Crippen molar-refractivity contribution in [1.82, 2.24) is 34.4 Å². The monoisotopic (exact) mass is 473 g/mol. The molecule has 2 fully saturated rings. The molecule has 2 amide bonds. The van der Waals surface area contributed by atoms with Crippen LogP contribution in [0.3, 0.4) is 0 Å². The summed E-state index contributed by atoms with van der Waals surface area (Å²) in [5.41, 5.74) is 6.77. The van der Waals surface area contributed by atoms with E-state index in [9.17, 15) is 9.59 Å². The van der Waals surface area contributed by atoms with Gasteiger partial charge in [-0.1, -0.05) is 18.2 Å². The van der Waals surface area contributed by atoms with E-state index in [1.54, 1.807) is 21.9 Å². The summed E-state index contributed by atoms with van der Waals surface area (Å²) in [5.74, 6) is 1.60. The molecule has 12 nitrogen and oxygen atoms in total. The second-order valence-electron chi connectivity index (χ2n) is 8.49.